The molecule has 1 aromatic rings. The molecule has 1 amide bonds. The zero-order valence-corrected chi connectivity index (χ0v) is 12.7. The average Bonchev–Trinajstić information content (AvgIpc) is 2.26. The Hall–Kier alpha value is -1.16. The number of amides is 1. The summed E-state index contributed by atoms with van der Waals surface area (Å²) in [5.41, 5.74) is 1.36. The van der Waals surface area contributed by atoms with Crippen LogP contribution >= 0.6 is 15.9 Å². The van der Waals surface area contributed by atoms with Gasteiger partial charge in [0.2, 0.25) is 5.91 Å². The third-order valence-corrected chi connectivity index (χ3v) is 3.18. The third kappa shape index (κ3) is 3.67. The van der Waals surface area contributed by atoms with Crippen molar-refractivity contribution in [1.82, 2.24) is 5.32 Å². The molecule has 1 N–H and O–H groups in total. The minimum atomic E-state index is -0.344. The molecule has 0 fully saturated rings. The fraction of sp³-hybridized carbons (Fsp3) is 0.429. The molecule has 1 atom stereocenters. The predicted molar refractivity (Wildman–Crippen MR) is 75.8 cm³/mol. The van der Waals surface area contributed by atoms with Crippen molar-refractivity contribution in [2.75, 3.05) is 0 Å². The molecule has 0 spiro atoms. The summed E-state index contributed by atoms with van der Waals surface area (Å²) in [6.07, 6.45) is 0. The summed E-state index contributed by atoms with van der Waals surface area (Å²) in [6.45, 7) is 7.15. The molecule has 1 aromatic carbocycles. The summed E-state index contributed by atoms with van der Waals surface area (Å²) in [4.78, 5) is 23.6. The van der Waals surface area contributed by atoms with Gasteiger partial charge in [-0.1, -0.05) is 22.0 Å². The Morgan fingerprint density at radius 3 is 2.33 bits per heavy atom. The molecular formula is C14H18BrNO2. The Labute approximate surface area is 116 Å². The Morgan fingerprint density at radius 1 is 1.22 bits per heavy atom. The highest BCUT2D eigenvalue weighted by atomic mass is 79.9. The Morgan fingerprint density at radius 2 is 1.83 bits per heavy atom. The van der Waals surface area contributed by atoms with Crippen LogP contribution in [0.2, 0.25) is 0 Å². The number of nitrogens with one attached hydrogen (secondary N) is 1. The Bertz CT molecular complexity index is 469. The topological polar surface area (TPSA) is 46.2 Å². The van der Waals surface area contributed by atoms with E-state index in [1.165, 1.54) is 6.92 Å². The van der Waals surface area contributed by atoms with Gasteiger partial charge in [-0.2, -0.15) is 0 Å². The monoisotopic (exact) mass is 311 g/mol. The van der Waals surface area contributed by atoms with Crippen molar-refractivity contribution < 1.29 is 9.59 Å². The van der Waals surface area contributed by atoms with E-state index in [1.54, 1.807) is 6.07 Å². The zero-order chi connectivity index (χ0) is 13.9. The first-order chi connectivity index (χ1) is 8.32. The largest absolute Gasteiger partial charge is 0.353 e. The van der Waals surface area contributed by atoms with E-state index in [4.69, 9.17) is 0 Å². The van der Waals surface area contributed by atoms with Gasteiger partial charge < -0.3 is 5.32 Å². The molecule has 1 unspecified atom stereocenters. The number of rotatable bonds is 4. The van der Waals surface area contributed by atoms with E-state index in [2.05, 4.69) is 21.2 Å². The van der Waals surface area contributed by atoms with Gasteiger partial charge in [-0.05, 0) is 45.4 Å². The average molecular weight is 312 g/mol. The molecule has 3 nitrogen and oxygen atoms in total. The fourth-order valence-electron chi connectivity index (χ4n) is 1.76. The van der Waals surface area contributed by atoms with E-state index >= 15 is 0 Å². The first-order valence-electron chi connectivity index (χ1n) is 5.93. The van der Waals surface area contributed by atoms with Crippen LogP contribution in [0.4, 0.5) is 0 Å². The minimum absolute atomic E-state index is 0.0262. The molecule has 0 aliphatic carbocycles. The molecule has 0 saturated carbocycles. The van der Waals surface area contributed by atoms with E-state index in [-0.39, 0.29) is 23.7 Å². The highest BCUT2D eigenvalue weighted by Gasteiger charge is 2.20. The second-order valence-corrected chi connectivity index (χ2v) is 5.59. The van der Waals surface area contributed by atoms with E-state index in [9.17, 15) is 9.59 Å². The Kier molecular flexibility index (Phi) is 5.08. The van der Waals surface area contributed by atoms with Gasteiger partial charge in [0.05, 0.1) is 5.92 Å². The first-order valence-corrected chi connectivity index (χ1v) is 6.73. The van der Waals surface area contributed by atoms with Crippen molar-refractivity contribution in [2.45, 2.75) is 39.7 Å². The lowest BCUT2D eigenvalue weighted by molar-refractivity contribution is -0.122. The van der Waals surface area contributed by atoms with E-state index < -0.39 is 0 Å². The number of hydrogen-bond acceptors (Lipinski definition) is 2. The molecular weight excluding hydrogens is 294 g/mol. The highest BCUT2D eigenvalue weighted by Crippen LogP contribution is 2.25. The zero-order valence-electron chi connectivity index (χ0n) is 11.1. The summed E-state index contributed by atoms with van der Waals surface area (Å²) in [5, 5.41) is 2.86. The van der Waals surface area contributed by atoms with Gasteiger partial charge in [0.25, 0.3) is 0 Å². The first kappa shape index (κ1) is 14.9. The maximum Gasteiger partial charge on any atom is 0.227 e. The maximum absolute atomic E-state index is 12.0. The van der Waals surface area contributed by atoms with Crippen molar-refractivity contribution in [1.29, 1.82) is 0 Å². The van der Waals surface area contributed by atoms with E-state index in [0.717, 1.165) is 10.0 Å². The van der Waals surface area contributed by atoms with Gasteiger partial charge in [-0.15, -0.1) is 0 Å². The third-order valence-electron chi connectivity index (χ3n) is 2.68. The summed E-state index contributed by atoms with van der Waals surface area (Å²) in [5.74, 6) is -0.434. The molecule has 98 valence electrons. The van der Waals surface area contributed by atoms with Crippen LogP contribution in [0.15, 0.2) is 22.7 Å². The van der Waals surface area contributed by atoms with Gasteiger partial charge in [0.1, 0.15) is 0 Å². The quantitative estimate of drug-likeness (QED) is 0.867. The molecule has 1 rings (SSSR count). The summed E-state index contributed by atoms with van der Waals surface area (Å²) in [6, 6.07) is 5.49. The second-order valence-electron chi connectivity index (χ2n) is 4.67. The normalized spacial score (nSPS) is 12.3. The van der Waals surface area contributed by atoms with Crippen LogP contribution in [-0.4, -0.2) is 17.7 Å². The molecule has 0 saturated heterocycles. The molecule has 0 bridgehead atoms. The standard InChI is InChI=1S/C14H18BrNO2/c1-8(2)16-14(18)9(3)13-7-11(15)5-6-12(13)10(4)17/h5-9H,1-4H3,(H,16,18). The van der Waals surface area contributed by atoms with Crippen molar-refractivity contribution in [3.63, 3.8) is 0 Å². The molecule has 0 heterocycles. The van der Waals surface area contributed by atoms with Gasteiger partial charge in [-0.3, -0.25) is 9.59 Å². The van der Waals surface area contributed by atoms with Crippen LogP contribution in [0.3, 0.4) is 0 Å². The molecule has 0 aliphatic rings. The predicted octanol–water partition coefficient (Wildman–Crippen LogP) is 3.28. The van der Waals surface area contributed by atoms with Crippen LogP contribution in [0, 0.1) is 0 Å². The number of halogens is 1. The molecule has 0 aliphatic heterocycles. The number of ketones is 1. The summed E-state index contributed by atoms with van der Waals surface area (Å²) in [7, 11) is 0. The van der Waals surface area contributed by atoms with Crippen LogP contribution in [0.5, 0.6) is 0 Å². The molecule has 0 aromatic heterocycles. The van der Waals surface area contributed by atoms with Crippen LogP contribution in [0.1, 0.15) is 49.5 Å². The summed E-state index contributed by atoms with van der Waals surface area (Å²) >= 11 is 3.37. The number of Topliss-reactive ketones (excluding diaryl/α,β-unsaturated/α-hetero) is 1. The number of benzene rings is 1. The van der Waals surface area contributed by atoms with Gasteiger partial charge in [0, 0.05) is 16.1 Å². The lowest BCUT2D eigenvalue weighted by atomic mass is 9.93. The van der Waals surface area contributed by atoms with Crippen LogP contribution < -0.4 is 5.32 Å². The number of carbonyl (C=O) groups is 2. The molecule has 0 radical (unpaired) electrons. The Balaban J connectivity index is 3.11. The lowest BCUT2D eigenvalue weighted by Gasteiger charge is -2.17. The van der Waals surface area contributed by atoms with Gasteiger partial charge in [0.15, 0.2) is 5.78 Å². The number of hydrogen-bond donors (Lipinski definition) is 1. The van der Waals surface area contributed by atoms with Crippen LogP contribution in [0.25, 0.3) is 0 Å². The molecule has 18 heavy (non-hydrogen) atoms. The smallest absolute Gasteiger partial charge is 0.227 e. The minimum Gasteiger partial charge on any atom is -0.353 e. The maximum atomic E-state index is 12.0. The second kappa shape index (κ2) is 6.14. The summed E-state index contributed by atoms with van der Waals surface area (Å²) < 4.78 is 0.867. The van der Waals surface area contributed by atoms with Crippen LogP contribution in [-0.2, 0) is 4.79 Å². The van der Waals surface area contributed by atoms with Crippen molar-refractivity contribution in [3.05, 3.63) is 33.8 Å². The van der Waals surface area contributed by atoms with Crippen molar-refractivity contribution >= 4 is 27.6 Å². The van der Waals surface area contributed by atoms with Gasteiger partial charge >= 0.3 is 0 Å². The number of carbonyl (C=O) groups excluding carboxylic acids is 2. The van der Waals surface area contributed by atoms with E-state index in [0.29, 0.717) is 5.56 Å². The van der Waals surface area contributed by atoms with E-state index in [1.807, 2.05) is 32.9 Å². The van der Waals surface area contributed by atoms with Gasteiger partial charge in [-0.25, -0.2) is 0 Å². The molecule has 4 heteroatoms. The lowest BCUT2D eigenvalue weighted by Crippen LogP contribution is -2.34. The SMILES string of the molecule is CC(=O)c1ccc(Br)cc1C(C)C(=O)NC(C)C. The fourth-order valence-corrected chi connectivity index (χ4v) is 2.14. The highest BCUT2D eigenvalue weighted by molar-refractivity contribution is 9.10. The van der Waals surface area contributed by atoms with Crippen molar-refractivity contribution in [2.24, 2.45) is 0 Å². The van der Waals surface area contributed by atoms with Crippen molar-refractivity contribution in [3.8, 4) is 0 Å².